The standard InChI is InChI=1S/C26H19Cl2F3N4OS/c1-25(17-6-7-21-15(10-17)8-9-32-21)23(33-13-14-2-4-16(5-3-14)26(29,30)31)34-24(37)35(25)18-11-19(27)22(36)20(28)12-18/h2-12,32,36H,13H2,1H3,(H,33,34,37). The number of amidine groups is 1. The van der Waals surface area contributed by atoms with E-state index in [0.29, 0.717) is 22.2 Å². The van der Waals surface area contributed by atoms with E-state index in [-0.39, 0.29) is 22.3 Å². The molecule has 190 valence electrons. The zero-order chi connectivity index (χ0) is 26.5. The number of thiocarbonyl (C=S) groups is 1. The predicted molar refractivity (Wildman–Crippen MR) is 145 cm³/mol. The molecule has 11 heteroatoms. The Hall–Kier alpha value is -3.27. The molecule has 3 N–H and O–H groups in total. The molecule has 3 aromatic carbocycles. The summed E-state index contributed by atoms with van der Waals surface area (Å²) in [7, 11) is 0. The number of phenolic OH excluding ortho intramolecular Hbond substituents is 1. The number of aromatic nitrogens is 1. The molecule has 1 fully saturated rings. The average Bonchev–Trinajstić information content (AvgIpc) is 3.42. The normalized spacial score (nSPS) is 19.1. The van der Waals surface area contributed by atoms with Crippen molar-refractivity contribution in [2.24, 2.45) is 4.99 Å². The molecule has 1 aliphatic rings. The summed E-state index contributed by atoms with van der Waals surface area (Å²) in [5, 5.41) is 14.7. The van der Waals surface area contributed by atoms with E-state index < -0.39 is 17.3 Å². The molecule has 0 saturated carbocycles. The topological polar surface area (TPSA) is 63.7 Å². The number of H-pyrrole nitrogens is 1. The molecule has 1 atom stereocenters. The van der Waals surface area contributed by atoms with Crippen molar-refractivity contribution >= 4 is 63.0 Å². The third kappa shape index (κ3) is 4.52. The monoisotopic (exact) mass is 562 g/mol. The smallest absolute Gasteiger partial charge is 0.416 e. The SMILES string of the molecule is CC1(c2ccc3[nH]ccc3c2)C(=NCc2ccc(C(F)(F)F)cc2)NC(=S)N1c1cc(Cl)c(O)c(Cl)c1. The third-order valence-corrected chi connectivity index (χ3v) is 7.27. The molecule has 0 spiro atoms. The Morgan fingerprint density at radius 2 is 1.70 bits per heavy atom. The first-order chi connectivity index (χ1) is 17.5. The maximum atomic E-state index is 13.0. The summed E-state index contributed by atoms with van der Waals surface area (Å²) in [5.74, 6) is 0.254. The van der Waals surface area contributed by atoms with Crippen LogP contribution < -0.4 is 10.2 Å². The van der Waals surface area contributed by atoms with Crippen LogP contribution >= 0.6 is 35.4 Å². The lowest BCUT2D eigenvalue weighted by molar-refractivity contribution is -0.137. The molecular weight excluding hydrogens is 544 g/mol. The van der Waals surface area contributed by atoms with Gasteiger partial charge in [0.2, 0.25) is 0 Å². The van der Waals surface area contributed by atoms with E-state index in [1.54, 1.807) is 17.0 Å². The van der Waals surface area contributed by atoms with Gasteiger partial charge in [-0.05, 0) is 78.1 Å². The van der Waals surface area contributed by atoms with Gasteiger partial charge in [-0.15, -0.1) is 0 Å². The van der Waals surface area contributed by atoms with E-state index in [9.17, 15) is 18.3 Å². The fraction of sp³-hybridized carbons (Fsp3) is 0.154. The summed E-state index contributed by atoms with van der Waals surface area (Å²) in [6.07, 6.45) is -2.57. The molecule has 0 aliphatic carbocycles. The fourth-order valence-corrected chi connectivity index (χ4v) is 5.29. The number of halogens is 5. The first-order valence-electron chi connectivity index (χ1n) is 11.1. The number of nitrogens with zero attached hydrogens (tertiary/aromatic N) is 2. The van der Waals surface area contributed by atoms with Gasteiger partial charge in [0, 0.05) is 17.4 Å². The number of fused-ring (bicyclic) bond motifs is 1. The van der Waals surface area contributed by atoms with Crippen molar-refractivity contribution in [3.05, 3.63) is 93.6 Å². The van der Waals surface area contributed by atoms with Gasteiger partial charge >= 0.3 is 6.18 Å². The summed E-state index contributed by atoms with van der Waals surface area (Å²) in [6, 6.07) is 15.8. The molecule has 0 bridgehead atoms. The van der Waals surface area contributed by atoms with Gasteiger partial charge in [-0.2, -0.15) is 13.2 Å². The number of hydrogen-bond acceptors (Lipinski definition) is 3. The van der Waals surface area contributed by atoms with Crippen molar-refractivity contribution in [1.82, 2.24) is 10.3 Å². The highest BCUT2D eigenvalue weighted by atomic mass is 35.5. The van der Waals surface area contributed by atoms with Gasteiger partial charge < -0.3 is 20.3 Å². The Labute approximate surface area is 225 Å². The zero-order valence-corrected chi connectivity index (χ0v) is 21.5. The highest BCUT2D eigenvalue weighted by molar-refractivity contribution is 7.80. The highest BCUT2D eigenvalue weighted by Crippen LogP contribution is 2.43. The number of aromatic amines is 1. The molecule has 0 radical (unpaired) electrons. The zero-order valence-electron chi connectivity index (χ0n) is 19.2. The molecule has 1 unspecified atom stereocenters. The molecule has 4 aromatic rings. The summed E-state index contributed by atoms with van der Waals surface area (Å²) < 4.78 is 38.9. The second-order valence-corrected chi connectivity index (χ2v) is 9.94. The molecule has 0 amide bonds. The third-order valence-electron chi connectivity index (χ3n) is 6.41. The van der Waals surface area contributed by atoms with Crippen molar-refractivity contribution in [3.8, 4) is 5.75 Å². The Morgan fingerprint density at radius 1 is 1.03 bits per heavy atom. The van der Waals surface area contributed by atoms with Gasteiger partial charge in [0.1, 0.15) is 11.4 Å². The maximum absolute atomic E-state index is 13.0. The van der Waals surface area contributed by atoms with Crippen molar-refractivity contribution in [3.63, 3.8) is 0 Å². The second-order valence-electron chi connectivity index (χ2n) is 8.74. The number of benzene rings is 3. The minimum Gasteiger partial charge on any atom is -0.505 e. The summed E-state index contributed by atoms with van der Waals surface area (Å²) in [5.41, 5.74) is 1.25. The van der Waals surface area contributed by atoms with E-state index in [2.05, 4.69) is 10.3 Å². The lowest BCUT2D eigenvalue weighted by atomic mass is 9.88. The van der Waals surface area contributed by atoms with Crippen LogP contribution in [-0.2, 0) is 18.3 Å². The Morgan fingerprint density at radius 3 is 2.35 bits per heavy atom. The molecular formula is C26H19Cl2F3N4OS. The van der Waals surface area contributed by atoms with E-state index in [1.807, 2.05) is 37.4 Å². The van der Waals surface area contributed by atoms with Crippen molar-refractivity contribution in [2.45, 2.75) is 25.2 Å². The van der Waals surface area contributed by atoms with E-state index >= 15 is 0 Å². The number of phenols is 1. The number of aliphatic imine (C=N–C) groups is 1. The lowest BCUT2D eigenvalue weighted by Crippen LogP contribution is -2.44. The summed E-state index contributed by atoms with van der Waals surface area (Å²) >= 11 is 18.2. The molecule has 5 rings (SSSR count). The molecule has 37 heavy (non-hydrogen) atoms. The van der Waals surface area contributed by atoms with Gasteiger partial charge in [0.05, 0.1) is 22.2 Å². The van der Waals surface area contributed by atoms with Crippen LogP contribution in [0, 0.1) is 0 Å². The minimum atomic E-state index is -4.41. The number of alkyl halides is 3. The lowest BCUT2D eigenvalue weighted by Gasteiger charge is -2.35. The van der Waals surface area contributed by atoms with Crippen LogP contribution in [-0.4, -0.2) is 21.0 Å². The van der Waals surface area contributed by atoms with Crippen LogP contribution in [0.25, 0.3) is 10.9 Å². The number of anilines is 1. The van der Waals surface area contributed by atoms with Crippen LogP contribution in [0.4, 0.5) is 18.9 Å². The number of hydrogen-bond donors (Lipinski definition) is 3. The van der Waals surface area contributed by atoms with Crippen LogP contribution in [0.2, 0.25) is 10.0 Å². The summed E-state index contributed by atoms with van der Waals surface area (Å²) in [4.78, 5) is 9.72. The van der Waals surface area contributed by atoms with Crippen LogP contribution in [0.5, 0.6) is 5.75 Å². The molecule has 1 aliphatic heterocycles. The number of aromatic hydroxyl groups is 1. The Bertz CT molecular complexity index is 1530. The quantitative estimate of drug-likeness (QED) is 0.227. The van der Waals surface area contributed by atoms with Crippen molar-refractivity contribution in [1.29, 1.82) is 0 Å². The minimum absolute atomic E-state index is 0.0591. The first kappa shape index (κ1) is 25.4. The Balaban J connectivity index is 1.61. The van der Waals surface area contributed by atoms with Crippen molar-refractivity contribution < 1.29 is 18.3 Å². The van der Waals surface area contributed by atoms with Gasteiger partial charge in [0.15, 0.2) is 10.9 Å². The second kappa shape index (κ2) is 9.24. The molecule has 5 nitrogen and oxygen atoms in total. The predicted octanol–water partition coefficient (Wildman–Crippen LogP) is 7.41. The molecule has 1 aromatic heterocycles. The summed E-state index contributed by atoms with van der Waals surface area (Å²) in [6.45, 7) is 2.05. The van der Waals surface area contributed by atoms with Crippen LogP contribution in [0.1, 0.15) is 23.6 Å². The van der Waals surface area contributed by atoms with Crippen molar-refractivity contribution in [2.75, 3.05) is 4.90 Å². The average molecular weight is 563 g/mol. The molecule has 2 heterocycles. The van der Waals surface area contributed by atoms with Gasteiger partial charge in [-0.1, -0.05) is 41.4 Å². The van der Waals surface area contributed by atoms with E-state index in [1.165, 1.54) is 12.1 Å². The van der Waals surface area contributed by atoms with Gasteiger partial charge in [0.25, 0.3) is 0 Å². The maximum Gasteiger partial charge on any atom is 0.416 e. The fourth-order valence-electron chi connectivity index (χ4n) is 4.43. The van der Waals surface area contributed by atoms with Crippen LogP contribution in [0.15, 0.2) is 71.9 Å². The Kier molecular flexibility index (Phi) is 6.34. The first-order valence-corrected chi connectivity index (χ1v) is 12.2. The number of rotatable bonds is 4. The van der Waals surface area contributed by atoms with Gasteiger partial charge in [-0.25, -0.2) is 0 Å². The largest absolute Gasteiger partial charge is 0.505 e. The van der Waals surface area contributed by atoms with E-state index in [4.69, 9.17) is 40.4 Å². The molecule has 1 saturated heterocycles. The number of nitrogens with one attached hydrogen (secondary N) is 2. The highest BCUT2D eigenvalue weighted by Gasteiger charge is 2.48. The van der Waals surface area contributed by atoms with Crippen LogP contribution in [0.3, 0.4) is 0 Å². The van der Waals surface area contributed by atoms with Gasteiger partial charge in [-0.3, -0.25) is 4.99 Å². The van der Waals surface area contributed by atoms with E-state index in [0.717, 1.165) is 28.6 Å².